The summed E-state index contributed by atoms with van der Waals surface area (Å²) in [5.74, 6) is -0.237. The van der Waals surface area contributed by atoms with Crippen LogP contribution in [0.15, 0.2) is 0 Å². The Labute approximate surface area is 84.9 Å². The highest BCUT2D eigenvalue weighted by Crippen LogP contribution is 2.46. The molecule has 1 heterocycles. The van der Waals surface area contributed by atoms with Crippen molar-refractivity contribution in [1.82, 2.24) is 0 Å². The highest BCUT2D eigenvalue weighted by Gasteiger charge is 2.35. The first-order valence-corrected chi connectivity index (χ1v) is 7.38. The Hall–Kier alpha value is 0.140. The molecule has 0 bridgehead atoms. The predicted octanol–water partition coefficient (Wildman–Crippen LogP) is 0.807. The fourth-order valence-corrected chi connectivity index (χ4v) is 3.42. The second-order valence-electron chi connectivity index (χ2n) is 3.04. The molecule has 8 heteroatoms. The minimum atomic E-state index is -3.55. The van der Waals surface area contributed by atoms with Crippen LogP contribution in [-0.2, 0) is 18.5 Å². The van der Waals surface area contributed by atoms with Gasteiger partial charge in [-0.25, -0.2) is 0 Å². The van der Waals surface area contributed by atoms with Gasteiger partial charge in [-0.05, 0) is 6.42 Å². The highest BCUT2D eigenvalue weighted by atomic mass is 32.3. The van der Waals surface area contributed by atoms with Gasteiger partial charge in [0.15, 0.2) is 0 Å². The van der Waals surface area contributed by atoms with Crippen LogP contribution >= 0.6 is 10.9 Å². The van der Waals surface area contributed by atoms with Crippen molar-refractivity contribution in [3.8, 4) is 0 Å². The fraction of sp³-hybridized carbons (Fsp3) is 1.00. The lowest BCUT2D eigenvalue weighted by Crippen LogP contribution is -2.23. The summed E-state index contributed by atoms with van der Waals surface area (Å²) in [6, 6.07) is 0. The molecular weight excluding hydrogens is 232 g/mol. The number of hydrogen-bond acceptors (Lipinski definition) is 6. The molecule has 1 aliphatic heterocycles. The van der Waals surface area contributed by atoms with E-state index in [0.717, 1.165) is 0 Å². The van der Waals surface area contributed by atoms with E-state index >= 15 is 0 Å². The van der Waals surface area contributed by atoms with Crippen molar-refractivity contribution in [3.05, 3.63) is 0 Å². The van der Waals surface area contributed by atoms with E-state index in [2.05, 4.69) is 4.18 Å². The maximum Gasteiger partial charge on any atom is 0.267 e. The van der Waals surface area contributed by atoms with Gasteiger partial charge in [-0.1, -0.05) is 6.92 Å². The zero-order chi connectivity index (χ0) is 10.8. The van der Waals surface area contributed by atoms with E-state index in [1.165, 1.54) is 0 Å². The molecule has 14 heavy (non-hydrogen) atoms. The van der Waals surface area contributed by atoms with Gasteiger partial charge in [0.2, 0.25) is 0 Å². The summed E-state index contributed by atoms with van der Waals surface area (Å²) >= 11 is 0. The van der Waals surface area contributed by atoms with Crippen LogP contribution < -0.4 is 0 Å². The van der Waals surface area contributed by atoms with Gasteiger partial charge < -0.3 is 9.11 Å². The second kappa shape index (κ2) is 4.33. The van der Waals surface area contributed by atoms with Crippen LogP contribution in [0, 0.1) is 0 Å². The Morgan fingerprint density at radius 2 is 2.21 bits per heavy atom. The molecule has 0 aromatic heterocycles. The summed E-state index contributed by atoms with van der Waals surface area (Å²) in [6.07, 6.45) is -0.303. The van der Waals surface area contributed by atoms with Gasteiger partial charge in [0, 0.05) is 0 Å². The first-order chi connectivity index (χ1) is 6.35. The zero-order valence-electron chi connectivity index (χ0n) is 7.75. The maximum absolute atomic E-state index is 11.2. The summed E-state index contributed by atoms with van der Waals surface area (Å²) in [6.45, 7) is 1.63. The van der Waals surface area contributed by atoms with Gasteiger partial charge in [-0.3, -0.25) is 8.37 Å². The lowest BCUT2D eigenvalue weighted by molar-refractivity contribution is 0.180. The average Bonchev–Trinajstić information content (AvgIpc) is 2.28. The molecular formula is C6H14O6S2. The fourth-order valence-electron chi connectivity index (χ4n) is 1.08. The third-order valence-corrected chi connectivity index (χ3v) is 4.38. The van der Waals surface area contributed by atoms with E-state index in [0.29, 0.717) is 6.42 Å². The highest BCUT2D eigenvalue weighted by molar-refractivity contribution is 8.20. The molecule has 86 valence electrons. The molecule has 2 N–H and O–H groups in total. The van der Waals surface area contributed by atoms with E-state index < -0.39 is 27.1 Å². The van der Waals surface area contributed by atoms with Crippen LogP contribution in [0.5, 0.6) is 0 Å². The molecule has 0 aliphatic carbocycles. The van der Waals surface area contributed by atoms with Gasteiger partial charge in [0.1, 0.15) is 6.10 Å². The monoisotopic (exact) mass is 246 g/mol. The van der Waals surface area contributed by atoms with E-state index in [4.69, 9.17) is 13.3 Å². The molecule has 1 aliphatic rings. The third-order valence-electron chi connectivity index (χ3n) is 1.58. The Balaban J connectivity index is 2.47. The first kappa shape index (κ1) is 12.2. The van der Waals surface area contributed by atoms with E-state index in [9.17, 15) is 8.42 Å². The largest absolute Gasteiger partial charge is 0.308 e. The normalized spacial score (nSPS) is 28.9. The molecule has 1 atom stereocenters. The molecule has 1 fully saturated rings. The van der Waals surface area contributed by atoms with Gasteiger partial charge >= 0.3 is 0 Å². The van der Waals surface area contributed by atoms with Gasteiger partial charge in [0.25, 0.3) is 10.1 Å². The van der Waals surface area contributed by atoms with E-state index in [1.807, 2.05) is 0 Å². The standard InChI is InChI=1S/C6H14O6S2/c1-2-3-13(7,8)12-6-4-11-14(9,10)5-6/h6,9-10H,2-5H2,1H3. The molecule has 0 aromatic rings. The van der Waals surface area contributed by atoms with E-state index in [-0.39, 0.29) is 18.1 Å². The summed E-state index contributed by atoms with van der Waals surface area (Å²) in [5.41, 5.74) is 0. The second-order valence-corrected chi connectivity index (χ2v) is 6.54. The summed E-state index contributed by atoms with van der Waals surface area (Å²) in [5, 5.41) is 0. The molecule has 6 nitrogen and oxygen atoms in total. The van der Waals surface area contributed by atoms with Crippen molar-refractivity contribution in [3.63, 3.8) is 0 Å². The molecule has 0 radical (unpaired) electrons. The van der Waals surface area contributed by atoms with Gasteiger partial charge in [-0.15, -0.1) is 0 Å². The van der Waals surface area contributed by atoms with Crippen LogP contribution in [0.4, 0.5) is 0 Å². The molecule has 1 unspecified atom stereocenters. The molecule has 0 amide bonds. The smallest absolute Gasteiger partial charge is 0.267 e. The van der Waals surface area contributed by atoms with Crippen LogP contribution in [0.2, 0.25) is 0 Å². The molecule has 1 rings (SSSR count). The topological polar surface area (TPSA) is 93.1 Å². The Morgan fingerprint density at radius 1 is 1.57 bits per heavy atom. The molecule has 0 spiro atoms. The van der Waals surface area contributed by atoms with Crippen LogP contribution in [0.3, 0.4) is 0 Å². The Morgan fingerprint density at radius 3 is 2.64 bits per heavy atom. The van der Waals surface area contributed by atoms with Crippen molar-refractivity contribution < 1.29 is 25.9 Å². The number of hydrogen-bond donors (Lipinski definition) is 2. The third kappa shape index (κ3) is 3.71. The number of rotatable bonds is 4. The SMILES string of the molecule is CCCS(=O)(=O)OC1COS(O)(O)C1. The van der Waals surface area contributed by atoms with Gasteiger partial charge in [-0.2, -0.15) is 8.42 Å². The van der Waals surface area contributed by atoms with Crippen molar-refractivity contribution in [1.29, 1.82) is 0 Å². The Bertz CT molecular complexity index is 285. The summed E-state index contributed by atoms with van der Waals surface area (Å²) in [7, 11) is -6.63. The summed E-state index contributed by atoms with van der Waals surface area (Å²) < 4.78 is 49.7. The van der Waals surface area contributed by atoms with Crippen molar-refractivity contribution in [2.24, 2.45) is 0 Å². The molecule has 0 saturated carbocycles. The molecule has 1 saturated heterocycles. The molecule has 0 aromatic carbocycles. The van der Waals surface area contributed by atoms with E-state index in [1.54, 1.807) is 6.92 Å². The van der Waals surface area contributed by atoms with Crippen molar-refractivity contribution in [2.75, 3.05) is 18.1 Å². The Kier molecular flexibility index (Phi) is 3.78. The first-order valence-electron chi connectivity index (χ1n) is 4.16. The van der Waals surface area contributed by atoms with Crippen molar-refractivity contribution >= 4 is 21.0 Å². The minimum absolute atomic E-state index is 0.0668. The van der Waals surface area contributed by atoms with Crippen molar-refractivity contribution in [2.45, 2.75) is 19.4 Å². The summed E-state index contributed by atoms with van der Waals surface area (Å²) in [4.78, 5) is 0. The predicted molar refractivity (Wildman–Crippen MR) is 52.6 cm³/mol. The lowest BCUT2D eigenvalue weighted by atomic mass is 10.5. The van der Waals surface area contributed by atoms with Crippen LogP contribution in [0.25, 0.3) is 0 Å². The van der Waals surface area contributed by atoms with Gasteiger partial charge in [0.05, 0.1) is 29.0 Å². The average molecular weight is 246 g/mol. The quantitative estimate of drug-likeness (QED) is 0.713. The minimum Gasteiger partial charge on any atom is -0.308 e. The maximum atomic E-state index is 11.2. The lowest BCUT2D eigenvalue weighted by Gasteiger charge is -2.17. The van der Waals surface area contributed by atoms with Crippen LogP contribution in [0.1, 0.15) is 13.3 Å². The van der Waals surface area contributed by atoms with Crippen LogP contribution in [-0.4, -0.2) is 41.7 Å². The zero-order valence-corrected chi connectivity index (χ0v) is 9.38.